The number of nitrogens with one attached hydrogen (secondary N) is 1. The molecular weight excluding hydrogens is 678 g/mol. The summed E-state index contributed by atoms with van der Waals surface area (Å²) in [4.78, 5) is 3.69. The Kier molecular flexibility index (Phi) is 6.19. The number of hydrogen-bond donors (Lipinski definition) is 1. The molecule has 1 N–H and O–H groups in total. The van der Waals surface area contributed by atoms with Gasteiger partial charge in [-0.1, -0.05) is 135 Å². The molecule has 3 heteroatoms. The fraction of sp³-hybridized carbons (Fsp3) is 0. The molecule has 0 aliphatic heterocycles. The molecule has 0 aliphatic carbocycles. The molecule has 0 fully saturated rings. The van der Waals surface area contributed by atoms with Crippen molar-refractivity contribution in [2.24, 2.45) is 0 Å². The Morgan fingerprint density at radius 2 is 0.956 bits per heavy atom. The van der Waals surface area contributed by atoms with Gasteiger partial charge >= 0.3 is 0 Å². The van der Waals surface area contributed by atoms with Gasteiger partial charge in [-0.3, -0.25) is 0 Å². The minimum Gasteiger partial charge on any atom is -0.354 e. The van der Waals surface area contributed by atoms with Crippen LogP contribution in [-0.4, -0.2) is 4.98 Å². The van der Waals surface area contributed by atoms with Crippen LogP contribution in [-0.2, 0) is 0 Å². The average molecular weight is 703 g/mol. The van der Waals surface area contributed by atoms with Crippen molar-refractivity contribution >= 4 is 86.0 Å². The molecule has 0 saturated carbocycles. The molecule has 9 aromatic rings. The number of aromatic amines is 1. The second kappa shape index (κ2) is 10.4. The molecule has 0 saturated heterocycles. The van der Waals surface area contributed by atoms with E-state index in [4.69, 9.17) is 0 Å². The molecule has 45 heavy (non-hydrogen) atoms. The van der Waals surface area contributed by atoms with Crippen LogP contribution in [0.1, 0.15) is 0 Å². The lowest BCUT2D eigenvalue weighted by Crippen LogP contribution is -1.95. The van der Waals surface area contributed by atoms with Gasteiger partial charge in [0.15, 0.2) is 0 Å². The standard InChI is InChI=1S/C42H25Br2N/c43-27-18-20-29-30-21-19-28(44)23-35(30)42-39(26-12-5-2-6-13-26)36(24-33(41(42)34(29)22-27)25-10-3-1-4-11-25)31-15-9-17-38-40(31)32-14-7-8-16-37(32)45-38/h1-24,45H. The van der Waals surface area contributed by atoms with Crippen molar-refractivity contribution in [2.75, 3.05) is 0 Å². The number of hydrogen-bond acceptors (Lipinski definition) is 0. The molecule has 0 radical (unpaired) electrons. The summed E-state index contributed by atoms with van der Waals surface area (Å²) in [6, 6.07) is 52.9. The highest BCUT2D eigenvalue weighted by atomic mass is 79.9. The van der Waals surface area contributed by atoms with Crippen LogP contribution < -0.4 is 0 Å². The van der Waals surface area contributed by atoms with Crippen LogP contribution in [0.3, 0.4) is 0 Å². The number of aromatic nitrogens is 1. The summed E-state index contributed by atoms with van der Waals surface area (Å²) < 4.78 is 2.14. The zero-order valence-corrected chi connectivity index (χ0v) is 27.3. The summed E-state index contributed by atoms with van der Waals surface area (Å²) in [7, 11) is 0. The smallest absolute Gasteiger partial charge is 0.0471 e. The first-order valence-electron chi connectivity index (χ1n) is 15.1. The Morgan fingerprint density at radius 1 is 0.356 bits per heavy atom. The first kappa shape index (κ1) is 26.7. The molecule has 9 rings (SSSR count). The first-order chi connectivity index (χ1) is 22.2. The molecule has 1 heterocycles. The predicted octanol–water partition coefficient (Wildman–Crippen LogP) is 13.3. The van der Waals surface area contributed by atoms with Gasteiger partial charge in [-0.25, -0.2) is 0 Å². The summed E-state index contributed by atoms with van der Waals surface area (Å²) in [6.45, 7) is 0. The van der Waals surface area contributed by atoms with Crippen LogP contribution in [0, 0.1) is 0 Å². The van der Waals surface area contributed by atoms with Crippen LogP contribution in [0.2, 0.25) is 0 Å². The van der Waals surface area contributed by atoms with Gasteiger partial charge < -0.3 is 4.98 Å². The molecule has 0 unspecified atom stereocenters. The Bertz CT molecular complexity index is 2600. The van der Waals surface area contributed by atoms with Gasteiger partial charge in [0, 0.05) is 30.8 Å². The minimum atomic E-state index is 1.07. The Labute approximate surface area is 277 Å². The monoisotopic (exact) mass is 701 g/mol. The highest BCUT2D eigenvalue weighted by Gasteiger charge is 2.23. The molecule has 1 nitrogen and oxygen atoms in total. The van der Waals surface area contributed by atoms with Crippen LogP contribution in [0.25, 0.3) is 87.5 Å². The van der Waals surface area contributed by atoms with E-state index in [0.717, 1.165) is 20.0 Å². The van der Waals surface area contributed by atoms with Crippen molar-refractivity contribution in [3.63, 3.8) is 0 Å². The largest absolute Gasteiger partial charge is 0.354 e. The number of rotatable bonds is 3. The van der Waals surface area contributed by atoms with E-state index in [0.29, 0.717) is 0 Å². The summed E-state index contributed by atoms with van der Waals surface area (Å²) in [6.07, 6.45) is 0. The molecule has 0 bridgehead atoms. The normalized spacial score (nSPS) is 11.8. The van der Waals surface area contributed by atoms with Crippen LogP contribution in [0.4, 0.5) is 0 Å². The van der Waals surface area contributed by atoms with Crippen LogP contribution in [0.15, 0.2) is 155 Å². The van der Waals surface area contributed by atoms with Crippen molar-refractivity contribution < 1.29 is 0 Å². The molecule has 0 amide bonds. The van der Waals surface area contributed by atoms with E-state index in [1.54, 1.807) is 0 Å². The minimum absolute atomic E-state index is 1.07. The van der Waals surface area contributed by atoms with Crippen molar-refractivity contribution in [3.05, 3.63) is 155 Å². The van der Waals surface area contributed by atoms with Crippen molar-refractivity contribution in [2.45, 2.75) is 0 Å². The van der Waals surface area contributed by atoms with Gasteiger partial charge in [-0.15, -0.1) is 0 Å². The maximum atomic E-state index is 3.84. The second-order valence-electron chi connectivity index (χ2n) is 11.6. The Morgan fingerprint density at radius 3 is 1.67 bits per heavy atom. The van der Waals surface area contributed by atoms with E-state index >= 15 is 0 Å². The lowest BCUT2D eigenvalue weighted by atomic mass is 9.81. The lowest BCUT2D eigenvalue weighted by Gasteiger charge is -2.22. The quantitative estimate of drug-likeness (QED) is 0.176. The van der Waals surface area contributed by atoms with Gasteiger partial charge in [-0.2, -0.15) is 0 Å². The summed E-state index contributed by atoms with van der Waals surface area (Å²) in [5, 5.41) is 9.97. The zero-order chi connectivity index (χ0) is 30.1. The molecule has 8 aromatic carbocycles. The Balaban J connectivity index is 1.61. The molecule has 1 aromatic heterocycles. The SMILES string of the molecule is Brc1ccc2c3ccc(Br)cc3c3c(-c4ccccc4)c(-c4cccc5[nH]c6ccccc6c45)cc(-c4ccccc4)c3c2c1. The van der Waals surface area contributed by atoms with E-state index in [1.807, 2.05) is 0 Å². The van der Waals surface area contributed by atoms with Crippen molar-refractivity contribution in [3.8, 4) is 33.4 Å². The number of para-hydroxylation sites is 1. The number of halogens is 2. The first-order valence-corrected chi connectivity index (χ1v) is 16.7. The van der Waals surface area contributed by atoms with Gasteiger partial charge in [0.05, 0.1) is 0 Å². The average Bonchev–Trinajstić information content (AvgIpc) is 3.47. The number of fused-ring (bicyclic) bond motifs is 9. The van der Waals surface area contributed by atoms with E-state index in [1.165, 1.54) is 76.5 Å². The fourth-order valence-corrected chi connectivity index (χ4v) is 7.96. The van der Waals surface area contributed by atoms with E-state index in [2.05, 4.69) is 182 Å². The third-order valence-corrected chi connectivity index (χ3v) is 10.1. The van der Waals surface area contributed by atoms with Crippen LogP contribution >= 0.6 is 31.9 Å². The summed E-state index contributed by atoms with van der Waals surface area (Å²) in [5.74, 6) is 0. The Hall–Kier alpha value is -4.70. The van der Waals surface area contributed by atoms with Crippen molar-refractivity contribution in [1.29, 1.82) is 0 Å². The highest BCUT2D eigenvalue weighted by molar-refractivity contribution is 9.10. The van der Waals surface area contributed by atoms with E-state index < -0.39 is 0 Å². The third kappa shape index (κ3) is 4.19. The maximum Gasteiger partial charge on any atom is 0.0471 e. The maximum absolute atomic E-state index is 3.84. The second-order valence-corrected chi connectivity index (χ2v) is 13.4. The van der Waals surface area contributed by atoms with E-state index in [9.17, 15) is 0 Å². The summed E-state index contributed by atoms with van der Waals surface area (Å²) in [5.41, 5.74) is 9.60. The molecule has 0 spiro atoms. The third-order valence-electron chi connectivity index (χ3n) is 9.09. The van der Waals surface area contributed by atoms with Gasteiger partial charge in [-0.05, 0) is 108 Å². The van der Waals surface area contributed by atoms with Crippen molar-refractivity contribution in [1.82, 2.24) is 4.98 Å². The lowest BCUT2D eigenvalue weighted by molar-refractivity contribution is 1.54. The highest BCUT2D eigenvalue weighted by Crippen LogP contribution is 2.51. The summed E-state index contributed by atoms with van der Waals surface area (Å²) >= 11 is 7.67. The number of benzene rings is 8. The predicted molar refractivity (Wildman–Crippen MR) is 200 cm³/mol. The van der Waals surface area contributed by atoms with Gasteiger partial charge in [0.1, 0.15) is 0 Å². The molecular formula is C42H25Br2N. The fourth-order valence-electron chi connectivity index (χ4n) is 7.24. The topological polar surface area (TPSA) is 15.8 Å². The van der Waals surface area contributed by atoms with E-state index in [-0.39, 0.29) is 0 Å². The number of H-pyrrole nitrogens is 1. The van der Waals surface area contributed by atoms with Crippen LogP contribution in [0.5, 0.6) is 0 Å². The molecule has 0 aliphatic rings. The van der Waals surface area contributed by atoms with Gasteiger partial charge in [0.25, 0.3) is 0 Å². The zero-order valence-electron chi connectivity index (χ0n) is 24.1. The molecule has 0 atom stereocenters. The van der Waals surface area contributed by atoms with Gasteiger partial charge in [0.2, 0.25) is 0 Å². The molecule has 212 valence electrons.